The Labute approximate surface area is 138 Å². The van der Waals surface area contributed by atoms with Gasteiger partial charge in [-0.1, -0.05) is 12.1 Å². The lowest BCUT2D eigenvalue weighted by Gasteiger charge is -2.19. The van der Waals surface area contributed by atoms with Crippen molar-refractivity contribution in [2.45, 2.75) is 39.7 Å². The van der Waals surface area contributed by atoms with E-state index in [1.54, 1.807) is 7.05 Å². The van der Waals surface area contributed by atoms with Gasteiger partial charge in [0, 0.05) is 25.8 Å². The molecule has 0 fully saturated rings. The molecule has 6 heteroatoms. The van der Waals surface area contributed by atoms with Crippen molar-refractivity contribution in [2.75, 3.05) is 25.5 Å². The minimum Gasteiger partial charge on any atom is -0.444 e. The summed E-state index contributed by atoms with van der Waals surface area (Å²) in [6, 6.07) is 7.73. The number of benzene rings is 1. The molecule has 1 rings (SSSR count). The van der Waals surface area contributed by atoms with Gasteiger partial charge in [-0.05, 0) is 51.8 Å². The van der Waals surface area contributed by atoms with Crippen LogP contribution in [0.4, 0.5) is 10.5 Å². The summed E-state index contributed by atoms with van der Waals surface area (Å²) >= 11 is 0. The van der Waals surface area contributed by atoms with Crippen LogP contribution in [0.15, 0.2) is 29.3 Å². The molecule has 23 heavy (non-hydrogen) atoms. The van der Waals surface area contributed by atoms with Gasteiger partial charge in [-0.2, -0.15) is 0 Å². The fraction of sp³-hybridized carbons (Fsp3) is 0.529. The smallest absolute Gasteiger partial charge is 0.412 e. The molecule has 0 radical (unpaired) electrons. The summed E-state index contributed by atoms with van der Waals surface area (Å²) in [5.41, 5.74) is 1.40. The molecule has 1 aromatic rings. The predicted octanol–water partition coefficient (Wildman–Crippen LogP) is 2.76. The van der Waals surface area contributed by atoms with Crippen molar-refractivity contribution < 1.29 is 9.53 Å². The molecule has 3 N–H and O–H groups in total. The molecule has 0 aliphatic heterocycles. The van der Waals surface area contributed by atoms with Gasteiger partial charge in [0.25, 0.3) is 0 Å². The van der Waals surface area contributed by atoms with Crippen LogP contribution in [0, 0.1) is 0 Å². The first kappa shape index (κ1) is 18.8. The summed E-state index contributed by atoms with van der Waals surface area (Å²) < 4.78 is 5.22. The molecule has 1 aromatic carbocycles. The van der Waals surface area contributed by atoms with Gasteiger partial charge >= 0.3 is 6.09 Å². The molecule has 0 spiro atoms. The highest BCUT2D eigenvalue weighted by molar-refractivity contribution is 5.84. The predicted molar refractivity (Wildman–Crippen MR) is 95.0 cm³/mol. The van der Waals surface area contributed by atoms with Crippen molar-refractivity contribution in [3.05, 3.63) is 29.8 Å². The third kappa shape index (κ3) is 8.09. The van der Waals surface area contributed by atoms with Gasteiger partial charge in [0.2, 0.25) is 0 Å². The monoisotopic (exact) mass is 320 g/mol. The Morgan fingerprint density at radius 1 is 1.17 bits per heavy atom. The summed E-state index contributed by atoms with van der Waals surface area (Å²) in [4.78, 5) is 15.8. The topological polar surface area (TPSA) is 74.8 Å². The maximum absolute atomic E-state index is 11.7. The number of nitrogens with zero attached hydrogens (tertiary/aromatic N) is 1. The van der Waals surface area contributed by atoms with E-state index in [-0.39, 0.29) is 0 Å². The normalized spacial score (nSPS) is 11.8. The van der Waals surface area contributed by atoms with E-state index in [1.165, 1.54) is 5.56 Å². The SMILES string of the molecule is CCNC(=NC)NCCc1ccc(NC(=O)OC(C)(C)C)cc1. The third-order valence-corrected chi connectivity index (χ3v) is 2.87. The number of anilines is 1. The van der Waals surface area contributed by atoms with Gasteiger partial charge < -0.3 is 15.4 Å². The number of aliphatic imine (C=N–C) groups is 1. The van der Waals surface area contributed by atoms with E-state index in [4.69, 9.17) is 4.74 Å². The summed E-state index contributed by atoms with van der Waals surface area (Å²) in [7, 11) is 1.75. The zero-order valence-corrected chi connectivity index (χ0v) is 14.7. The minimum atomic E-state index is -0.499. The Bertz CT molecular complexity index is 518. The van der Waals surface area contributed by atoms with E-state index in [2.05, 4.69) is 20.9 Å². The number of carbonyl (C=O) groups is 1. The maximum atomic E-state index is 11.7. The quantitative estimate of drug-likeness (QED) is 0.576. The van der Waals surface area contributed by atoms with E-state index in [9.17, 15) is 4.79 Å². The second kappa shape index (κ2) is 9.02. The molecular weight excluding hydrogens is 292 g/mol. The van der Waals surface area contributed by atoms with Gasteiger partial charge in [-0.3, -0.25) is 10.3 Å². The van der Waals surface area contributed by atoms with E-state index in [0.717, 1.165) is 31.2 Å². The zero-order valence-electron chi connectivity index (χ0n) is 14.7. The molecular formula is C17H28N4O2. The van der Waals surface area contributed by atoms with Crippen LogP contribution >= 0.6 is 0 Å². The van der Waals surface area contributed by atoms with Crippen LogP contribution in [0.5, 0.6) is 0 Å². The van der Waals surface area contributed by atoms with Crippen molar-refractivity contribution in [3.63, 3.8) is 0 Å². The Morgan fingerprint density at radius 2 is 1.83 bits per heavy atom. The number of ether oxygens (including phenoxy) is 1. The highest BCUT2D eigenvalue weighted by Gasteiger charge is 2.15. The van der Waals surface area contributed by atoms with Crippen LogP contribution in [0.25, 0.3) is 0 Å². The molecule has 128 valence electrons. The van der Waals surface area contributed by atoms with Crippen LogP contribution in [-0.2, 0) is 11.2 Å². The zero-order chi connectivity index (χ0) is 17.3. The Hall–Kier alpha value is -2.24. The Morgan fingerprint density at radius 3 is 2.35 bits per heavy atom. The lowest BCUT2D eigenvalue weighted by Crippen LogP contribution is -2.38. The first-order valence-electron chi connectivity index (χ1n) is 7.87. The van der Waals surface area contributed by atoms with Crippen molar-refractivity contribution >= 4 is 17.7 Å². The number of rotatable bonds is 5. The largest absolute Gasteiger partial charge is 0.444 e. The number of hydrogen-bond acceptors (Lipinski definition) is 3. The van der Waals surface area contributed by atoms with Crippen LogP contribution in [0.1, 0.15) is 33.3 Å². The molecule has 0 aliphatic rings. The van der Waals surface area contributed by atoms with Crippen molar-refractivity contribution in [2.24, 2.45) is 4.99 Å². The summed E-state index contributed by atoms with van der Waals surface area (Å²) in [6.45, 7) is 9.17. The fourth-order valence-electron chi connectivity index (χ4n) is 1.89. The molecule has 0 aromatic heterocycles. The van der Waals surface area contributed by atoms with Crippen molar-refractivity contribution in [1.82, 2.24) is 10.6 Å². The Kier molecular flexibility index (Phi) is 7.38. The molecule has 0 saturated carbocycles. The molecule has 0 saturated heterocycles. The van der Waals surface area contributed by atoms with Crippen LogP contribution in [0.2, 0.25) is 0 Å². The van der Waals surface area contributed by atoms with E-state index < -0.39 is 11.7 Å². The molecule has 0 atom stereocenters. The van der Waals surface area contributed by atoms with Crippen LogP contribution in [0.3, 0.4) is 0 Å². The molecule has 0 bridgehead atoms. The highest BCUT2D eigenvalue weighted by Crippen LogP contribution is 2.13. The van der Waals surface area contributed by atoms with Crippen LogP contribution in [-0.4, -0.2) is 37.8 Å². The average molecular weight is 320 g/mol. The second-order valence-corrected chi connectivity index (χ2v) is 6.10. The standard InChI is InChI=1S/C17H28N4O2/c1-6-19-15(18-5)20-12-11-13-7-9-14(10-8-13)21-16(22)23-17(2,3)4/h7-10H,6,11-12H2,1-5H3,(H,21,22)(H2,18,19,20). The number of amides is 1. The lowest BCUT2D eigenvalue weighted by atomic mass is 10.1. The number of guanidine groups is 1. The summed E-state index contributed by atoms with van der Waals surface area (Å²) in [5, 5.41) is 9.11. The van der Waals surface area contributed by atoms with Gasteiger partial charge in [0.15, 0.2) is 5.96 Å². The van der Waals surface area contributed by atoms with Gasteiger partial charge in [-0.25, -0.2) is 4.79 Å². The van der Waals surface area contributed by atoms with Crippen molar-refractivity contribution in [3.8, 4) is 0 Å². The van der Waals surface area contributed by atoms with Crippen molar-refractivity contribution in [1.29, 1.82) is 0 Å². The molecule has 0 unspecified atom stereocenters. The van der Waals surface area contributed by atoms with Gasteiger partial charge in [0.1, 0.15) is 5.60 Å². The Balaban J connectivity index is 2.43. The third-order valence-electron chi connectivity index (χ3n) is 2.87. The maximum Gasteiger partial charge on any atom is 0.412 e. The summed E-state index contributed by atoms with van der Waals surface area (Å²) in [5.74, 6) is 0.802. The minimum absolute atomic E-state index is 0.443. The molecule has 6 nitrogen and oxygen atoms in total. The van der Waals surface area contributed by atoms with E-state index in [0.29, 0.717) is 0 Å². The van der Waals surface area contributed by atoms with Gasteiger partial charge in [-0.15, -0.1) is 0 Å². The number of carbonyl (C=O) groups excluding carboxylic acids is 1. The lowest BCUT2D eigenvalue weighted by molar-refractivity contribution is 0.0636. The second-order valence-electron chi connectivity index (χ2n) is 6.10. The van der Waals surface area contributed by atoms with Crippen LogP contribution < -0.4 is 16.0 Å². The average Bonchev–Trinajstić information content (AvgIpc) is 2.46. The first-order valence-corrected chi connectivity index (χ1v) is 7.87. The fourth-order valence-corrected chi connectivity index (χ4v) is 1.89. The van der Waals surface area contributed by atoms with E-state index >= 15 is 0 Å². The first-order chi connectivity index (χ1) is 10.8. The molecule has 0 aliphatic carbocycles. The van der Waals surface area contributed by atoms with Gasteiger partial charge in [0.05, 0.1) is 0 Å². The number of nitrogens with one attached hydrogen (secondary N) is 3. The number of hydrogen-bond donors (Lipinski definition) is 3. The molecule has 1 amide bonds. The summed E-state index contributed by atoms with van der Waals surface area (Å²) in [6.07, 6.45) is 0.429. The van der Waals surface area contributed by atoms with E-state index in [1.807, 2.05) is 52.0 Å². The highest BCUT2D eigenvalue weighted by atomic mass is 16.6. The molecule has 0 heterocycles.